The van der Waals surface area contributed by atoms with Crippen molar-refractivity contribution in [3.8, 4) is 17.2 Å². The van der Waals surface area contributed by atoms with Crippen LogP contribution in [0.1, 0.15) is 29.6 Å². The molecule has 0 unspecified atom stereocenters. The van der Waals surface area contributed by atoms with Gasteiger partial charge in [-0.25, -0.2) is 0 Å². The maximum Gasteiger partial charge on any atom is 0.303 e. The molecule has 2 N–H and O–H groups in total. The first-order valence-electron chi connectivity index (χ1n) is 5.80. The van der Waals surface area contributed by atoms with Crippen LogP contribution in [-0.2, 0) is 4.79 Å². The van der Waals surface area contributed by atoms with Crippen molar-refractivity contribution in [2.75, 3.05) is 13.7 Å². The van der Waals surface area contributed by atoms with Gasteiger partial charge in [0.1, 0.15) is 11.3 Å². The summed E-state index contributed by atoms with van der Waals surface area (Å²) in [5.41, 5.74) is 0.0255. The normalized spacial score (nSPS) is 9.95. The van der Waals surface area contributed by atoms with E-state index in [0.29, 0.717) is 19.1 Å². The van der Waals surface area contributed by atoms with Crippen LogP contribution >= 0.6 is 0 Å². The fourth-order valence-corrected chi connectivity index (χ4v) is 1.53. The topological polar surface area (TPSA) is 93.1 Å². The molecule has 0 aliphatic carbocycles. The molecular formula is C13H16O6. The lowest BCUT2D eigenvalue weighted by Crippen LogP contribution is -2.02. The van der Waals surface area contributed by atoms with Gasteiger partial charge in [0.15, 0.2) is 17.8 Å². The zero-order chi connectivity index (χ0) is 14.3. The second-order valence-electron chi connectivity index (χ2n) is 3.85. The molecule has 0 atom stereocenters. The van der Waals surface area contributed by atoms with E-state index in [-0.39, 0.29) is 35.8 Å². The number of aromatic hydroxyl groups is 1. The van der Waals surface area contributed by atoms with Crippen molar-refractivity contribution in [3.63, 3.8) is 0 Å². The number of aliphatic carboxylic acids is 1. The summed E-state index contributed by atoms with van der Waals surface area (Å²) in [5, 5.41) is 18.2. The van der Waals surface area contributed by atoms with Crippen molar-refractivity contribution < 1.29 is 29.3 Å². The Labute approximate surface area is 110 Å². The van der Waals surface area contributed by atoms with Crippen LogP contribution in [0, 0.1) is 0 Å². The summed E-state index contributed by atoms with van der Waals surface area (Å²) in [6, 6.07) is 3.02. The smallest absolute Gasteiger partial charge is 0.303 e. The van der Waals surface area contributed by atoms with Gasteiger partial charge >= 0.3 is 5.97 Å². The SMILES string of the molecule is COc1ccc(OCCCCC(=O)O)c(C=O)c1O. The van der Waals surface area contributed by atoms with Crippen LogP contribution < -0.4 is 9.47 Å². The summed E-state index contributed by atoms with van der Waals surface area (Å²) in [4.78, 5) is 21.2. The quantitative estimate of drug-likeness (QED) is 0.552. The molecule has 0 spiro atoms. The van der Waals surface area contributed by atoms with Gasteiger partial charge in [0, 0.05) is 6.42 Å². The average Bonchev–Trinajstić information content (AvgIpc) is 2.38. The largest absolute Gasteiger partial charge is 0.504 e. The molecule has 0 saturated heterocycles. The molecule has 0 aliphatic rings. The monoisotopic (exact) mass is 268 g/mol. The molecule has 1 rings (SSSR count). The van der Waals surface area contributed by atoms with Gasteiger partial charge in [0.25, 0.3) is 0 Å². The van der Waals surface area contributed by atoms with Gasteiger partial charge in [0.2, 0.25) is 0 Å². The van der Waals surface area contributed by atoms with Gasteiger partial charge in [-0.3, -0.25) is 9.59 Å². The first kappa shape index (κ1) is 14.8. The summed E-state index contributed by atoms with van der Waals surface area (Å²) in [5.74, 6) is -0.667. The Morgan fingerprint density at radius 1 is 1.32 bits per heavy atom. The summed E-state index contributed by atoms with van der Waals surface area (Å²) in [6.07, 6.45) is 1.62. The summed E-state index contributed by atoms with van der Waals surface area (Å²) in [6.45, 7) is 0.278. The summed E-state index contributed by atoms with van der Waals surface area (Å²) >= 11 is 0. The number of carbonyl (C=O) groups is 2. The fraction of sp³-hybridized carbons (Fsp3) is 0.385. The van der Waals surface area contributed by atoms with E-state index in [1.54, 1.807) is 0 Å². The lowest BCUT2D eigenvalue weighted by Gasteiger charge is -2.11. The number of unbranched alkanes of at least 4 members (excludes halogenated alkanes) is 1. The molecular weight excluding hydrogens is 252 g/mol. The number of phenols is 1. The number of rotatable bonds is 8. The Morgan fingerprint density at radius 2 is 2.00 bits per heavy atom. The number of carbonyl (C=O) groups excluding carboxylic acids is 1. The van der Waals surface area contributed by atoms with Crippen LogP contribution in [0.25, 0.3) is 0 Å². The number of aldehydes is 1. The number of hydrogen-bond donors (Lipinski definition) is 2. The highest BCUT2D eigenvalue weighted by molar-refractivity contribution is 5.85. The molecule has 19 heavy (non-hydrogen) atoms. The van der Waals surface area contributed by atoms with E-state index < -0.39 is 5.97 Å². The van der Waals surface area contributed by atoms with E-state index >= 15 is 0 Å². The Hall–Kier alpha value is -2.24. The molecule has 0 fully saturated rings. The molecule has 6 nitrogen and oxygen atoms in total. The molecule has 6 heteroatoms. The van der Waals surface area contributed by atoms with Crippen LogP contribution in [0.15, 0.2) is 12.1 Å². The predicted octanol–water partition coefficient (Wildman–Crippen LogP) is 1.85. The van der Waals surface area contributed by atoms with Gasteiger partial charge in [-0.1, -0.05) is 0 Å². The van der Waals surface area contributed by atoms with E-state index in [1.165, 1.54) is 19.2 Å². The minimum absolute atomic E-state index is 0.0255. The number of carboxylic acid groups (broad SMARTS) is 1. The zero-order valence-electron chi connectivity index (χ0n) is 10.6. The zero-order valence-corrected chi connectivity index (χ0v) is 10.6. The van der Waals surface area contributed by atoms with Crippen molar-refractivity contribution in [1.82, 2.24) is 0 Å². The number of phenolic OH excluding ortho intramolecular Hbond substituents is 1. The lowest BCUT2D eigenvalue weighted by molar-refractivity contribution is -0.137. The van der Waals surface area contributed by atoms with Crippen LogP contribution in [0.4, 0.5) is 0 Å². The van der Waals surface area contributed by atoms with Crippen LogP contribution in [-0.4, -0.2) is 36.2 Å². The maximum absolute atomic E-state index is 10.9. The van der Waals surface area contributed by atoms with E-state index in [0.717, 1.165) is 0 Å². The molecule has 1 aromatic rings. The first-order valence-corrected chi connectivity index (χ1v) is 5.80. The Morgan fingerprint density at radius 3 is 2.58 bits per heavy atom. The Kier molecular flexibility index (Phi) is 5.66. The molecule has 0 saturated carbocycles. The Balaban J connectivity index is 2.61. The molecule has 1 aromatic carbocycles. The number of ether oxygens (including phenoxy) is 2. The lowest BCUT2D eigenvalue weighted by atomic mass is 10.2. The van der Waals surface area contributed by atoms with Crippen molar-refractivity contribution in [1.29, 1.82) is 0 Å². The molecule has 0 aliphatic heterocycles. The third kappa shape index (κ3) is 4.17. The molecule has 104 valence electrons. The van der Waals surface area contributed by atoms with Crippen molar-refractivity contribution in [2.45, 2.75) is 19.3 Å². The highest BCUT2D eigenvalue weighted by atomic mass is 16.5. The van der Waals surface area contributed by atoms with Crippen molar-refractivity contribution in [2.24, 2.45) is 0 Å². The second-order valence-corrected chi connectivity index (χ2v) is 3.85. The van der Waals surface area contributed by atoms with E-state index in [1.807, 2.05) is 0 Å². The molecule has 0 aromatic heterocycles. The highest BCUT2D eigenvalue weighted by Gasteiger charge is 2.13. The molecule has 0 heterocycles. The number of hydrogen-bond acceptors (Lipinski definition) is 5. The molecule has 0 amide bonds. The van der Waals surface area contributed by atoms with Gasteiger partial charge in [0.05, 0.1) is 13.7 Å². The minimum atomic E-state index is -0.851. The van der Waals surface area contributed by atoms with Crippen LogP contribution in [0.2, 0.25) is 0 Å². The second kappa shape index (κ2) is 7.25. The fourth-order valence-electron chi connectivity index (χ4n) is 1.53. The van der Waals surface area contributed by atoms with Crippen LogP contribution in [0.5, 0.6) is 17.2 Å². The standard InChI is InChI=1S/C13H16O6/c1-18-11-6-5-10(9(8-14)13(11)17)19-7-3-2-4-12(15)16/h5-6,8,17H,2-4,7H2,1H3,(H,15,16). The molecule has 0 bridgehead atoms. The van der Waals surface area contributed by atoms with Crippen molar-refractivity contribution >= 4 is 12.3 Å². The first-order chi connectivity index (χ1) is 9.10. The third-order valence-electron chi connectivity index (χ3n) is 2.52. The van der Waals surface area contributed by atoms with E-state index in [2.05, 4.69) is 0 Å². The highest BCUT2D eigenvalue weighted by Crippen LogP contribution is 2.35. The number of carboxylic acids is 1. The summed E-state index contributed by atoms with van der Waals surface area (Å²) < 4.78 is 10.2. The van der Waals surface area contributed by atoms with Crippen LogP contribution in [0.3, 0.4) is 0 Å². The van der Waals surface area contributed by atoms with Gasteiger partial charge < -0.3 is 19.7 Å². The van der Waals surface area contributed by atoms with Gasteiger partial charge in [-0.05, 0) is 25.0 Å². The van der Waals surface area contributed by atoms with E-state index in [9.17, 15) is 14.7 Å². The van der Waals surface area contributed by atoms with E-state index in [4.69, 9.17) is 14.6 Å². The maximum atomic E-state index is 10.9. The van der Waals surface area contributed by atoms with Gasteiger partial charge in [-0.2, -0.15) is 0 Å². The number of methoxy groups -OCH3 is 1. The average molecular weight is 268 g/mol. The van der Waals surface area contributed by atoms with Gasteiger partial charge in [-0.15, -0.1) is 0 Å². The number of benzene rings is 1. The Bertz CT molecular complexity index is 455. The minimum Gasteiger partial charge on any atom is -0.504 e. The van der Waals surface area contributed by atoms with Crippen molar-refractivity contribution in [3.05, 3.63) is 17.7 Å². The molecule has 0 radical (unpaired) electrons. The third-order valence-corrected chi connectivity index (χ3v) is 2.52. The predicted molar refractivity (Wildman–Crippen MR) is 67.0 cm³/mol. The summed E-state index contributed by atoms with van der Waals surface area (Å²) in [7, 11) is 1.38.